The van der Waals surface area contributed by atoms with E-state index in [-0.39, 0.29) is 5.91 Å². The van der Waals surface area contributed by atoms with Crippen molar-refractivity contribution in [2.24, 2.45) is 0 Å². The number of para-hydroxylation sites is 1. The van der Waals surface area contributed by atoms with Gasteiger partial charge in [-0.15, -0.1) is 0 Å². The number of hydrogen-bond donors (Lipinski definition) is 0. The third-order valence-corrected chi connectivity index (χ3v) is 3.32. The average molecular weight is 264 g/mol. The molecule has 0 aliphatic carbocycles. The summed E-state index contributed by atoms with van der Waals surface area (Å²) in [5, 5.41) is 9.13. The molecule has 0 radical (unpaired) electrons. The maximum atomic E-state index is 12.6. The number of hydrogen-bond acceptors (Lipinski definition) is 2. The van der Waals surface area contributed by atoms with Crippen LogP contribution in [0.1, 0.15) is 28.4 Å². The molecule has 1 amide bonds. The Morgan fingerprint density at radius 3 is 2.50 bits per heavy atom. The highest BCUT2D eigenvalue weighted by Gasteiger charge is 2.18. The molecule has 3 nitrogen and oxygen atoms in total. The van der Waals surface area contributed by atoms with Gasteiger partial charge in [0, 0.05) is 12.6 Å². The number of benzene rings is 2. The molecule has 0 heterocycles. The SMILES string of the molecule is CCc1ccccc1C(=O)N(C)c1ccccc1C#N. The molecule has 0 atom stereocenters. The Balaban J connectivity index is 2.41. The summed E-state index contributed by atoms with van der Waals surface area (Å²) in [6.45, 7) is 2.02. The van der Waals surface area contributed by atoms with Crippen LogP contribution >= 0.6 is 0 Å². The van der Waals surface area contributed by atoms with E-state index in [2.05, 4.69) is 6.07 Å². The predicted octanol–water partition coefficient (Wildman–Crippen LogP) is 3.40. The number of rotatable bonds is 3. The van der Waals surface area contributed by atoms with Crippen molar-refractivity contribution in [2.45, 2.75) is 13.3 Å². The fourth-order valence-electron chi connectivity index (χ4n) is 2.19. The van der Waals surface area contributed by atoms with E-state index in [0.29, 0.717) is 16.8 Å². The van der Waals surface area contributed by atoms with Crippen LogP contribution in [0.15, 0.2) is 48.5 Å². The van der Waals surface area contributed by atoms with Gasteiger partial charge in [-0.25, -0.2) is 0 Å². The lowest BCUT2D eigenvalue weighted by atomic mass is 10.0. The minimum Gasteiger partial charge on any atom is -0.310 e. The van der Waals surface area contributed by atoms with Crippen molar-refractivity contribution in [1.82, 2.24) is 0 Å². The molecule has 0 aliphatic rings. The quantitative estimate of drug-likeness (QED) is 0.852. The minimum absolute atomic E-state index is 0.0925. The lowest BCUT2D eigenvalue weighted by molar-refractivity contribution is 0.0992. The van der Waals surface area contributed by atoms with Gasteiger partial charge in [0.05, 0.1) is 11.3 Å². The Hall–Kier alpha value is -2.60. The second-order valence-electron chi connectivity index (χ2n) is 4.50. The second-order valence-corrected chi connectivity index (χ2v) is 4.50. The van der Waals surface area contributed by atoms with E-state index in [4.69, 9.17) is 5.26 Å². The molecule has 0 fully saturated rings. The van der Waals surface area contributed by atoms with Crippen molar-refractivity contribution in [3.05, 3.63) is 65.2 Å². The molecule has 2 rings (SSSR count). The van der Waals surface area contributed by atoms with E-state index in [9.17, 15) is 4.79 Å². The molecule has 0 saturated carbocycles. The number of carbonyl (C=O) groups excluding carboxylic acids is 1. The van der Waals surface area contributed by atoms with Gasteiger partial charge in [-0.2, -0.15) is 5.26 Å². The van der Waals surface area contributed by atoms with Gasteiger partial charge in [0.15, 0.2) is 0 Å². The first kappa shape index (κ1) is 13.8. The standard InChI is InChI=1S/C17H16N2O/c1-3-13-8-4-6-10-15(13)17(20)19(2)16-11-7-5-9-14(16)12-18/h4-11H,3H2,1-2H3. The summed E-state index contributed by atoms with van der Waals surface area (Å²) >= 11 is 0. The fraction of sp³-hybridized carbons (Fsp3) is 0.176. The summed E-state index contributed by atoms with van der Waals surface area (Å²) in [7, 11) is 1.70. The van der Waals surface area contributed by atoms with Crippen molar-refractivity contribution >= 4 is 11.6 Å². The maximum absolute atomic E-state index is 12.6. The highest BCUT2D eigenvalue weighted by atomic mass is 16.2. The van der Waals surface area contributed by atoms with Gasteiger partial charge in [0.25, 0.3) is 5.91 Å². The van der Waals surface area contributed by atoms with Crippen molar-refractivity contribution in [3.63, 3.8) is 0 Å². The van der Waals surface area contributed by atoms with Crippen LogP contribution in [0.25, 0.3) is 0 Å². The van der Waals surface area contributed by atoms with E-state index in [0.717, 1.165) is 12.0 Å². The van der Waals surface area contributed by atoms with Gasteiger partial charge in [-0.05, 0) is 30.2 Å². The van der Waals surface area contributed by atoms with Gasteiger partial charge in [0.1, 0.15) is 6.07 Å². The average Bonchev–Trinajstić information content (AvgIpc) is 2.53. The Morgan fingerprint density at radius 1 is 1.15 bits per heavy atom. The zero-order valence-electron chi connectivity index (χ0n) is 11.6. The van der Waals surface area contributed by atoms with Crippen LogP contribution in [-0.2, 0) is 6.42 Å². The number of anilines is 1. The highest BCUT2D eigenvalue weighted by Crippen LogP contribution is 2.21. The van der Waals surface area contributed by atoms with Crippen LogP contribution in [0.3, 0.4) is 0 Å². The molecule has 0 bridgehead atoms. The van der Waals surface area contributed by atoms with E-state index < -0.39 is 0 Å². The lowest BCUT2D eigenvalue weighted by Gasteiger charge is -2.20. The molecular formula is C17H16N2O. The highest BCUT2D eigenvalue weighted by molar-refractivity contribution is 6.07. The van der Waals surface area contributed by atoms with Gasteiger partial charge in [0.2, 0.25) is 0 Å². The lowest BCUT2D eigenvalue weighted by Crippen LogP contribution is -2.27. The Bertz CT molecular complexity index is 671. The summed E-state index contributed by atoms with van der Waals surface area (Å²) < 4.78 is 0. The monoisotopic (exact) mass is 264 g/mol. The normalized spacial score (nSPS) is 9.85. The number of nitrogens with zero attached hydrogens (tertiary/aromatic N) is 2. The molecule has 0 unspecified atom stereocenters. The topological polar surface area (TPSA) is 44.1 Å². The smallest absolute Gasteiger partial charge is 0.258 e. The molecule has 100 valence electrons. The number of amides is 1. The van der Waals surface area contributed by atoms with Crippen LogP contribution in [0.4, 0.5) is 5.69 Å². The van der Waals surface area contributed by atoms with Crippen LogP contribution in [0, 0.1) is 11.3 Å². The van der Waals surface area contributed by atoms with Crippen LogP contribution in [0.2, 0.25) is 0 Å². The number of aryl methyl sites for hydroxylation is 1. The first-order chi connectivity index (χ1) is 9.69. The molecule has 0 saturated heterocycles. The summed E-state index contributed by atoms with van der Waals surface area (Å²) in [4.78, 5) is 14.1. The van der Waals surface area contributed by atoms with Crippen molar-refractivity contribution in [1.29, 1.82) is 5.26 Å². The molecule has 0 aromatic heterocycles. The summed E-state index contributed by atoms with van der Waals surface area (Å²) in [5.74, 6) is -0.0925. The first-order valence-corrected chi connectivity index (χ1v) is 6.54. The van der Waals surface area contributed by atoms with E-state index >= 15 is 0 Å². The molecular weight excluding hydrogens is 248 g/mol. The third-order valence-electron chi connectivity index (χ3n) is 3.32. The predicted molar refractivity (Wildman–Crippen MR) is 79.7 cm³/mol. The Kier molecular flexibility index (Phi) is 4.17. The molecule has 0 aliphatic heterocycles. The van der Waals surface area contributed by atoms with Crippen molar-refractivity contribution in [2.75, 3.05) is 11.9 Å². The third kappa shape index (κ3) is 2.55. The summed E-state index contributed by atoms with van der Waals surface area (Å²) in [6.07, 6.45) is 0.801. The van der Waals surface area contributed by atoms with E-state index in [1.807, 2.05) is 37.3 Å². The summed E-state index contributed by atoms with van der Waals surface area (Å²) in [5.41, 5.74) is 2.83. The van der Waals surface area contributed by atoms with Crippen molar-refractivity contribution in [3.8, 4) is 6.07 Å². The minimum atomic E-state index is -0.0925. The maximum Gasteiger partial charge on any atom is 0.258 e. The van der Waals surface area contributed by atoms with Crippen LogP contribution in [-0.4, -0.2) is 13.0 Å². The zero-order valence-corrected chi connectivity index (χ0v) is 11.6. The van der Waals surface area contributed by atoms with Gasteiger partial charge >= 0.3 is 0 Å². The van der Waals surface area contributed by atoms with Crippen LogP contribution in [0.5, 0.6) is 0 Å². The second kappa shape index (κ2) is 6.03. The van der Waals surface area contributed by atoms with Crippen molar-refractivity contribution < 1.29 is 4.79 Å². The molecule has 3 heteroatoms. The number of nitriles is 1. The fourth-order valence-corrected chi connectivity index (χ4v) is 2.19. The molecule has 2 aromatic carbocycles. The van der Waals surface area contributed by atoms with Crippen LogP contribution < -0.4 is 4.90 Å². The Labute approximate surface area is 119 Å². The largest absolute Gasteiger partial charge is 0.310 e. The number of carbonyl (C=O) groups is 1. The van der Waals surface area contributed by atoms with Gasteiger partial charge < -0.3 is 4.90 Å². The summed E-state index contributed by atoms with van der Waals surface area (Å²) in [6, 6.07) is 16.8. The molecule has 20 heavy (non-hydrogen) atoms. The Morgan fingerprint density at radius 2 is 1.80 bits per heavy atom. The molecule has 2 aromatic rings. The van der Waals surface area contributed by atoms with E-state index in [1.54, 1.807) is 25.2 Å². The molecule has 0 N–H and O–H groups in total. The zero-order chi connectivity index (χ0) is 14.5. The van der Waals surface area contributed by atoms with Gasteiger partial charge in [-0.1, -0.05) is 37.3 Å². The molecule has 0 spiro atoms. The van der Waals surface area contributed by atoms with E-state index in [1.165, 1.54) is 4.90 Å². The first-order valence-electron chi connectivity index (χ1n) is 6.54. The van der Waals surface area contributed by atoms with Gasteiger partial charge in [-0.3, -0.25) is 4.79 Å².